The van der Waals surface area contributed by atoms with Crippen LogP contribution in [0.15, 0.2) is 40.7 Å². The molecule has 1 aromatic carbocycles. The number of carboxylic acids is 2. The summed E-state index contributed by atoms with van der Waals surface area (Å²) in [6.07, 6.45) is 0.573. The molecule has 1 aromatic rings. The van der Waals surface area contributed by atoms with Crippen molar-refractivity contribution in [3.63, 3.8) is 0 Å². The Balaban J connectivity index is 3.07. The first-order valence-corrected chi connectivity index (χ1v) is 9.36. The number of hydrogen-bond acceptors (Lipinski definition) is 5. The van der Waals surface area contributed by atoms with Crippen LogP contribution in [0.25, 0.3) is 0 Å². The molecule has 8 nitrogen and oxygen atoms in total. The topological polar surface area (TPSA) is 121 Å². The first-order valence-electron chi connectivity index (χ1n) is 9.36. The number of nitro groups is 1. The molecule has 0 atom stereocenters. The SMILES string of the molecule is CCC(C)(C)N1C(C)=C(C(=O)O)C(C)(c2cccc([N+](=O)[O-])c2F)C(C(=O)O)=C1C. The van der Waals surface area contributed by atoms with Crippen molar-refractivity contribution in [1.29, 1.82) is 0 Å². The van der Waals surface area contributed by atoms with Gasteiger partial charge in [0, 0.05) is 28.6 Å². The highest BCUT2D eigenvalue weighted by atomic mass is 19.1. The molecular weight excluding hydrogens is 395 g/mol. The largest absolute Gasteiger partial charge is 0.478 e. The summed E-state index contributed by atoms with van der Waals surface area (Å²) in [5.74, 6) is -4.11. The maximum absolute atomic E-state index is 15.2. The predicted octanol–water partition coefficient (Wildman–Crippen LogP) is 4.21. The number of nitro benzene ring substituents is 1. The van der Waals surface area contributed by atoms with Gasteiger partial charge in [0.25, 0.3) is 0 Å². The van der Waals surface area contributed by atoms with Gasteiger partial charge in [0.15, 0.2) is 0 Å². The van der Waals surface area contributed by atoms with Crippen molar-refractivity contribution in [2.45, 2.75) is 58.9 Å². The molecule has 2 rings (SSSR count). The van der Waals surface area contributed by atoms with Gasteiger partial charge in [-0.2, -0.15) is 4.39 Å². The number of allylic oxidation sites excluding steroid dienone is 2. The fourth-order valence-electron chi connectivity index (χ4n) is 4.44. The number of carboxylic acid groups (broad SMARTS) is 2. The van der Waals surface area contributed by atoms with Crippen molar-refractivity contribution in [1.82, 2.24) is 4.90 Å². The molecule has 1 aliphatic heterocycles. The average molecular weight is 420 g/mol. The lowest BCUT2D eigenvalue weighted by atomic mass is 9.66. The number of nitrogens with zero attached hydrogens (tertiary/aromatic N) is 2. The van der Waals surface area contributed by atoms with Gasteiger partial charge < -0.3 is 15.1 Å². The molecule has 0 aliphatic carbocycles. The molecule has 0 unspecified atom stereocenters. The van der Waals surface area contributed by atoms with E-state index >= 15 is 4.39 Å². The van der Waals surface area contributed by atoms with Gasteiger partial charge >= 0.3 is 17.6 Å². The maximum atomic E-state index is 15.2. The molecule has 162 valence electrons. The average Bonchev–Trinajstić information content (AvgIpc) is 2.60. The highest BCUT2D eigenvalue weighted by molar-refractivity contribution is 6.00. The minimum absolute atomic E-state index is 0.255. The normalized spacial score (nSPS) is 16.7. The van der Waals surface area contributed by atoms with E-state index in [0.29, 0.717) is 6.42 Å². The summed E-state index contributed by atoms with van der Waals surface area (Å²) in [5, 5.41) is 31.4. The van der Waals surface area contributed by atoms with Gasteiger partial charge in [-0.05, 0) is 41.0 Å². The molecule has 0 aromatic heterocycles. The molecule has 0 radical (unpaired) electrons. The number of rotatable bonds is 6. The molecule has 30 heavy (non-hydrogen) atoms. The molecular formula is C21H25FN2O6. The smallest absolute Gasteiger partial charge is 0.334 e. The van der Waals surface area contributed by atoms with Gasteiger partial charge in [-0.25, -0.2) is 9.59 Å². The Kier molecular flexibility index (Phi) is 5.80. The van der Waals surface area contributed by atoms with Crippen LogP contribution < -0.4 is 0 Å². The Morgan fingerprint density at radius 3 is 2.00 bits per heavy atom. The summed E-state index contributed by atoms with van der Waals surface area (Å²) in [4.78, 5) is 36.7. The van der Waals surface area contributed by atoms with E-state index in [4.69, 9.17) is 0 Å². The lowest BCUT2D eigenvalue weighted by Gasteiger charge is -2.49. The van der Waals surface area contributed by atoms with Crippen molar-refractivity contribution in [3.05, 3.63) is 62.2 Å². The van der Waals surface area contributed by atoms with E-state index in [1.165, 1.54) is 32.9 Å². The third kappa shape index (κ3) is 3.24. The number of aliphatic carboxylic acids is 2. The zero-order valence-electron chi connectivity index (χ0n) is 17.7. The van der Waals surface area contributed by atoms with Crippen LogP contribution in [-0.2, 0) is 15.0 Å². The summed E-state index contributed by atoms with van der Waals surface area (Å²) < 4.78 is 15.2. The third-order valence-corrected chi connectivity index (χ3v) is 6.01. The number of carbonyl (C=O) groups is 2. The zero-order chi connectivity index (χ0) is 23.2. The van der Waals surface area contributed by atoms with E-state index in [0.717, 1.165) is 6.07 Å². The summed E-state index contributed by atoms with van der Waals surface area (Å²) in [5.41, 5.74) is -3.98. The van der Waals surface area contributed by atoms with Gasteiger partial charge in [-0.1, -0.05) is 19.1 Å². The summed E-state index contributed by atoms with van der Waals surface area (Å²) >= 11 is 0. The van der Waals surface area contributed by atoms with Crippen molar-refractivity contribution in [3.8, 4) is 0 Å². The van der Waals surface area contributed by atoms with Crippen molar-refractivity contribution >= 4 is 17.6 Å². The van der Waals surface area contributed by atoms with Gasteiger partial charge in [0.05, 0.1) is 21.5 Å². The molecule has 1 heterocycles. The second-order valence-electron chi connectivity index (χ2n) is 8.05. The van der Waals surface area contributed by atoms with Crippen molar-refractivity contribution in [2.24, 2.45) is 0 Å². The first-order chi connectivity index (χ1) is 13.7. The molecule has 1 aliphatic rings. The Bertz CT molecular complexity index is 971. The number of hydrogen-bond donors (Lipinski definition) is 2. The lowest BCUT2D eigenvalue weighted by molar-refractivity contribution is -0.387. The molecule has 0 saturated heterocycles. The van der Waals surface area contributed by atoms with Crippen LogP contribution in [0, 0.1) is 15.9 Å². The van der Waals surface area contributed by atoms with Gasteiger partial charge in [0.2, 0.25) is 5.82 Å². The van der Waals surface area contributed by atoms with Gasteiger partial charge in [-0.3, -0.25) is 10.1 Å². The predicted molar refractivity (Wildman–Crippen MR) is 107 cm³/mol. The van der Waals surface area contributed by atoms with Gasteiger partial charge in [-0.15, -0.1) is 0 Å². The standard InChI is InChI=1S/C21H25FN2O6/c1-7-20(4,5)23-11(2)15(18(25)26)21(6,16(12(23)3)19(27)28)13-9-8-10-14(17(13)22)24(29)30/h8-10H,7H2,1-6H3,(H,25,26)(H,27,28). The highest BCUT2D eigenvalue weighted by Crippen LogP contribution is 2.50. The van der Waals surface area contributed by atoms with E-state index in [9.17, 15) is 29.9 Å². The fraction of sp³-hybridized carbons (Fsp3) is 0.429. The van der Waals surface area contributed by atoms with E-state index in [-0.39, 0.29) is 28.1 Å². The van der Waals surface area contributed by atoms with E-state index < -0.39 is 39.3 Å². The van der Waals surface area contributed by atoms with Crippen LogP contribution in [0.1, 0.15) is 53.5 Å². The van der Waals surface area contributed by atoms with Crippen LogP contribution in [0.5, 0.6) is 0 Å². The van der Waals surface area contributed by atoms with Crippen LogP contribution in [0.3, 0.4) is 0 Å². The molecule has 9 heteroatoms. The van der Waals surface area contributed by atoms with Crippen LogP contribution in [0.2, 0.25) is 0 Å². The van der Waals surface area contributed by atoms with Crippen LogP contribution in [0.4, 0.5) is 10.1 Å². The number of halogens is 1. The highest BCUT2D eigenvalue weighted by Gasteiger charge is 2.52. The molecule has 2 N–H and O–H groups in total. The summed E-state index contributed by atoms with van der Waals surface area (Å²) in [6.45, 7) is 9.93. The molecule has 0 amide bonds. The Hall–Kier alpha value is -3.23. The third-order valence-electron chi connectivity index (χ3n) is 6.01. The first kappa shape index (κ1) is 23.1. The maximum Gasteiger partial charge on any atom is 0.334 e. The van der Waals surface area contributed by atoms with Crippen LogP contribution >= 0.6 is 0 Å². The second kappa shape index (κ2) is 7.55. The minimum atomic E-state index is -1.96. The van der Waals surface area contributed by atoms with E-state index in [2.05, 4.69) is 0 Å². The molecule has 0 spiro atoms. The summed E-state index contributed by atoms with van der Waals surface area (Å²) in [6, 6.07) is 3.36. The van der Waals surface area contributed by atoms with Gasteiger partial charge in [0.1, 0.15) is 0 Å². The Morgan fingerprint density at radius 1 is 1.17 bits per heavy atom. The Morgan fingerprint density at radius 2 is 1.63 bits per heavy atom. The summed E-state index contributed by atoms with van der Waals surface area (Å²) in [7, 11) is 0. The minimum Gasteiger partial charge on any atom is -0.478 e. The lowest BCUT2D eigenvalue weighted by Crippen LogP contribution is -2.50. The monoisotopic (exact) mass is 420 g/mol. The van der Waals surface area contributed by atoms with Crippen molar-refractivity contribution in [2.75, 3.05) is 0 Å². The quantitative estimate of drug-likeness (QED) is 0.522. The van der Waals surface area contributed by atoms with E-state index in [1.54, 1.807) is 4.90 Å². The molecule has 0 saturated carbocycles. The Labute approximate surface area is 173 Å². The molecule has 0 bridgehead atoms. The molecule has 0 fully saturated rings. The van der Waals surface area contributed by atoms with E-state index in [1.807, 2.05) is 20.8 Å². The number of benzene rings is 1. The fourth-order valence-corrected chi connectivity index (χ4v) is 4.44. The second-order valence-corrected chi connectivity index (χ2v) is 8.05. The van der Waals surface area contributed by atoms with Crippen LogP contribution in [-0.4, -0.2) is 37.5 Å². The van der Waals surface area contributed by atoms with Crippen molar-refractivity contribution < 1.29 is 29.1 Å². The zero-order valence-corrected chi connectivity index (χ0v) is 17.7.